The molecule has 2 aromatic rings. The van der Waals surface area contributed by atoms with E-state index in [4.69, 9.17) is 5.41 Å². The van der Waals surface area contributed by atoms with E-state index < -0.39 is 0 Å². The van der Waals surface area contributed by atoms with Crippen LogP contribution in [0.2, 0.25) is 0 Å². The number of aromatic nitrogens is 2. The summed E-state index contributed by atoms with van der Waals surface area (Å²) in [4.78, 5) is 4.42. The van der Waals surface area contributed by atoms with Crippen molar-refractivity contribution in [3.63, 3.8) is 0 Å². The van der Waals surface area contributed by atoms with Crippen LogP contribution in [0.1, 0.15) is 0 Å². The van der Waals surface area contributed by atoms with Gasteiger partial charge in [-0.05, 0) is 15.9 Å². The summed E-state index contributed by atoms with van der Waals surface area (Å²) in [7, 11) is 1.75. The molecule has 92 valence electrons. The highest BCUT2D eigenvalue weighted by Gasteiger charge is 2.07. The fourth-order valence-corrected chi connectivity index (χ4v) is 1.90. The molecule has 0 bridgehead atoms. The maximum atomic E-state index is 7.98. The van der Waals surface area contributed by atoms with Crippen molar-refractivity contribution in [2.24, 2.45) is 0 Å². The summed E-state index contributed by atoms with van der Waals surface area (Å²) in [5.74, 6) is 0.511. The van der Waals surface area contributed by atoms with Crippen LogP contribution >= 0.6 is 15.9 Å². The van der Waals surface area contributed by atoms with Crippen LogP contribution in [0.3, 0.4) is 0 Å². The number of halogens is 1. The van der Waals surface area contributed by atoms with Crippen LogP contribution in [0, 0.1) is 5.41 Å². The van der Waals surface area contributed by atoms with Gasteiger partial charge in [0.25, 0.3) is 0 Å². The lowest BCUT2D eigenvalue weighted by atomic mass is 10.2. The number of anilines is 1. The summed E-state index contributed by atoms with van der Waals surface area (Å²) < 4.78 is 2.24. The molecule has 0 radical (unpaired) electrons. The molecule has 18 heavy (non-hydrogen) atoms. The van der Waals surface area contributed by atoms with Gasteiger partial charge in [-0.1, -0.05) is 36.9 Å². The third-order valence-electron chi connectivity index (χ3n) is 2.52. The second-order valence-corrected chi connectivity index (χ2v) is 4.60. The van der Waals surface area contributed by atoms with Gasteiger partial charge in [0.2, 0.25) is 0 Å². The van der Waals surface area contributed by atoms with E-state index in [2.05, 4.69) is 32.8 Å². The number of rotatable bonds is 3. The third kappa shape index (κ3) is 2.36. The Morgan fingerprint density at radius 2 is 2.06 bits per heavy atom. The SMILES string of the molecule is C=C(Br)n1cc(-c2ccccc2)nc(NC)c1=N. The Morgan fingerprint density at radius 1 is 1.39 bits per heavy atom. The fourth-order valence-electron chi connectivity index (χ4n) is 1.62. The molecule has 0 aliphatic rings. The molecule has 0 saturated heterocycles. The number of nitrogens with one attached hydrogen (secondary N) is 2. The van der Waals surface area contributed by atoms with Gasteiger partial charge in [-0.25, -0.2) is 4.98 Å². The summed E-state index contributed by atoms with van der Waals surface area (Å²) in [6, 6.07) is 9.83. The highest BCUT2D eigenvalue weighted by molar-refractivity contribution is 9.14. The average Bonchev–Trinajstić information content (AvgIpc) is 2.39. The summed E-state index contributed by atoms with van der Waals surface area (Å²) in [5.41, 5.74) is 2.05. The molecule has 0 unspecified atom stereocenters. The number of nitrogens with zero attached hydrogens (tertiary/aromatic N) is 2. The van der Waals surface area contributed by atoms with E-state index in [1.807, 2.05) is 30.3 Å². The molecule has 4 nitrogen and oxygen atoms in total. The Balaban J connectivity index is 2.67. The normalized spacial score (nSPS) is 10.1. The zero-order valence-electron chi connectivity index (χ0n) is 9.94. The van der Waals surface area contributed by atoms with Crippen LogP contribution < -0.4 is 10.8 Å². The molecule has 0 aliphatic carbocycles. The van der Waals surface area contributed by atoms with E-state index >= 15 is 0 Å². The van der Waals surface area contributed by atoms with Crippen molar-refractivity contribution in [1.82, 2.24) is 9.55 Å². The van der Waals surface area contributed by atoms with Crippen LogP contribution in [0.5, 0.6) is 0 Å². The van der Waals surface area contributed by atoms with Crippen LogP contribution in [-0.4, -0.2) is 16.6 Å². The minimum atomic E-state index is 0.263. The van der Waals surface area contributed by atoms with E-state index in [0.29, 0.717) is 10.4 Å². The van der Waals surface area contributed by atoms with Gasteiger partial charge in [0.05, 0.1) is 10.3 Å². The van der Waals surface area contributed by atoms with Gasteiger partial charge >= 0.3 is 0 Å². The largest absolute Gasteiger partial charge is 0.370 e. The lowest BCUT2D eigenvalue weighted by Crippen LogP contribution is -2.22. The molecule has 2 N–H and O–H groups in total. The average molecular weight is 305 g/mol. The maximum Gasteiger partial charge on any atom is 0.173 e. The second-order valence-electron chi connectivity index (χ2n) is 3.69. The Hall–Kier alpha value is -1.88. The molecule has 0 aliphatic heterocycles. The topological polar surface area (TPSA) is 53.7 Å². The van der Waals surface area contributed by atoms with Crippen molar-refractivity contribution in [2.45, 2.75) is 0 Å². The van der Waals surface area contributed by atoms with Crippen molar-refractivity contribution in [2.75, 3.05) is 12.4 Å². The summed E-state index contributed by atoms with van der Waals surface area (Å²) in [5, 5.41) is 10.9. The lowest BCUT2D eigenvalue weighted by Gasteiger charge is -2.11. The van der Waals surface area contributed by atoms with Crippen LogP contribution in [0.4, 0.5) is 5.82 Å². The molecule has 0 atom stereocenters. The van der Waals surface area contributed by atoms with Gasteiger partial charge in [0.15, 0.2) is 11.3 Å². The van der Waals surface area contributed by atoms with Crippen molar-refractivity contribution in [1.29, 1.82) is 5.41 Å². The summed E-state index contributed by atoms with van der Waals surface area (Å²) in [6.07, 6.45) is 1.79. The Bertz CT molecular complexity index is 631. The zero-order chi connectivity index (χ0) is 13.1. The predicted molar refractivity (Wildman–Crippen MR) is 77.3 cm³/mol. The smallest absolute Gasteiger partial charge is 0.173 e. The molecule has 0 spiro atoms. The predicted octanol–water partition coefficient (Wildman–Crippen LogP) is 2.89. The summed E-state index contributed by atoms with van der Waals surface area (Å²) in [6.45, 7) is 3.80. The molecule has 0 fully saturated rings. The van der Waals surface area contributed by atoms with Crippen molar-refractivity contribution >= 4 is 26.4 Å². The van der Waals surface area contributed by atoms with Crippen molar-refractivity contribution in [3.05, 3.63) is 48.6 Å². The highest BCUT2D eigenvalue weighted by Crippen LogP contribution is 2.18. The van der Waals surface area contributed by atoms with Crippen LogP contribution in [0.15, 0.2) is 43.1 Å². The van der Waals surface area contributed by atoms with Crippen LogP contribution in [-0.2, 0) is 0 Å². The first-order valence-electron chi connectivity index (χ1n) is 5.39. The van der Waals surface area contributed by atoms with E-state index in [1.54, 1.807) is 17.8 Å². The van der Waals surface area contributed by atoms with Gasteiger partial charge in [0, 0.05) is 18.8 Å². The standard InChI is InChI=1S/C13H13BrN4/c1-9(14)18-8-11(10-6-4-3-5-7-10)17-13(16-2)12(18)15/h3-8,15H,1H2,2H3,(H,16,17). The first-order valence-corrected chi connectivity index (χ1v) is 6.19. The first-order chi connectivity index (χ1) is 8.63. The molecule has 2 rings (SSSR count). The van der Waals surface area contributed by atoms with E-state index in [9.17, 15) is 0 Å². The molecule has 1 aromatic carbocycles. The first kappa shape index (κ1) is 12.6. The molecule has 0 amide bonds. The Kier molecular flexibility index (Phi) is 3.62. The molecule has 0 saturated carbocycles. The minimum Gasteiger partial charge on any atom is -0.370 e. The molecular formula is C13H13BrN4. The van der Waals surface area contributed by atoms with Crippen LogP contribution in [0.25, 0.3) is 15.9 Å². The molecule has 1 heterocycles. The third-order valence-corrected chi connectivity index (χ3v) is 2.90. The fraction of sp³-hybridized carbons (Fsp3) is 0.0769. The van der Waals surface area contributed by atoms with Gasteiger partial charge in [-0.3, -0.25) is 9.98 Å². The van der Waals surface area contributed by atoms with Crippen molar-refractivity contribution in [3.8, 4) is 11.3 Å². The van der Waals surface area contributed by atoms with E-state index in [1.165, 1.54) is 0 Å². The van der Waals surface area contributed by atoms with Gasteiger partial charge in [-0.15, -0.1) is 0 Å². The Morgan fingerprint density at radius 3 is 2.61 bits per heavy atom. The number of benzene rings is 1. The van der Waals surface area contributed by atoms with E-state index in [-0.39, 0.29) is 5.49 Å². The molecular weight excluding hydrogens is 292 g/mol. The molecule has 5 heteroatoms. The van der Waals surface area contributed by atoms with Gasteiger partial charge in [-0.2, -0.15) is 0 Å². The lowest BCUT2D eigenvalue weighted by molar-refractivity contribution is 0.942. The minimum absolute atomic E-state index is 0.263. The monoisotopic (exact) mass is 304 g/mol. The second kappa shape index (κ2) is 5.18. The maximum absolute atomic E-state index is 7.98. The van der Waals surface area contributed by atoms with Gasteiger partial charge < -0.3 is 5.32 Å². The number of hydrogen-bond acceptors (Lipinski definition) is 3. The zero-order valence-corrected chi connectivity index (χ0v) is 11.5. The van der Waals surface area contributed by atoms with Gasteiger partial charge in [0.1, 0.15) is 0 Å². The number of hydrogen-bond donors (Lipinski definition) is 2. The molecule has 1 aromatic heterocycles. The quantitative estimate of drug-likeness (QED) is 0.916. The highest BCUT2D eigenvalue weighted by atomic mass is 79.9. The Labute approximate surface area is 114 Å². The summed E-state index contributed by atoms with van der Waals surface area (Å²) >= 11 is 3.30. The van der Waals surface area contributed by atoms with E-state index in [0.717, 1.165) is 11.3 Å². The van der Waals surface area contributed by atoms with Crippen molar-refractivity contribution < 1.29 is 0 Å².